The van der Waals surface area contributed by atoms with Crippen molar-refractivity contribution in [1.82, 2.24) is 0 Å². The Balaban J connectivity index is 2.13. The maximum atomic E-state index is 12.6. The van der Waals surface area contributed by atoms with E-state index in [9.17, 15) is 4.79 Å². The normalized spacial score (nSPS) is 10.5. The Morgan fingerprint density at radius 1 is 1.08 bits per heavy atom. The van der Waals surface area contributed by atoms with E-state index in [0.29, 0.717) is 18.8 Å². The van der Waals surface area contributed by atoms with Crippen LogP contribution in [0.5, 0.6) is 5.75 Å². The standard InChI is InChI=1S/C21H27NO3/c1-4-6-13-25-15-18-14-17(11-12-20(18)24-3)21(23)22-19-10-8-7-9-16(19)5-2/h7-12,14H,4-6,13,15H2,1-3H3,(H,22,23). The van der Waals surface area contributed by atoms with Gasteiger partial charge in [0, 0.05) is 23.4 Å². The molecule has 0 bridgehead atoms. The molecule has 0 spiro atoms. The average Bonchev–Trinajstić information content (AvgIpc) is 2.65. The van der Waals surface area contributed by atoms with Gasteiger partial charge in [0.25, 0.3) is 5.91 Å². The van der Waals surface area contributed by atoms with Crippen molar-refractivity contribution in [2.45, 2.75) is 39.7 Å². The molecule has 134 valence electrons. The highest BCUT2D eigenvalue weighted by Gasteiger charge is 2.12. The molecule has 2 rings (SSSR count). The minimum Gasteiger partial charge on any atom is -0.496 e. The van der Waals surface area contributed by atoms with E-state index in [1.54, 1.807) is 13.2 Å². The summed E-state index contributed by atoms with van der Waals surface area (Å²) in [6, 6.07) is 13.3. The Labute approximate surface area is 150 Å². The van der Waals surface area contributed by atoms with Crippen molar-refractivity contribution >= 4 is 11.6 Å². The van der Waals surface area contributed by atoms with E-state index in [-0.39, 0.29) is 5.91 Å². The second-order valence-corrected chi connectivity index (χ2v) is 5.90. The van der Waals surface area contributed by atoms with E-state index < -0.39 is 0 Å². The number of methoxy groups -OCH3 is 1. The molecule has 0 aliphatic carbocycles. The molecule has 4 nitrogen and oxygen atoms in total. The van der Waals surface area contributed by atoms with Crippen molar-refractivity contribution in [3.63, 3.8) is 0 Å². The van der Waals surface area contributed by atoms with Crippen LogP contribution >= 0.6 is 0 Å². The van der Waals surface area contributed by atoms with Crippen LogP contribution in [0.4, 0.5) is 5.69 Å². The third-order valence-electron chi connectivity index (χ3n) is 4.09. The maximum absolute atomic E-state index is 12.6. The van der Waals surface area contributed by atoms with Crippen molar-refractivity contribution in [3.05, 3.63) is 59.2 Å². The van der Waals surface area contributed by atoms with Gasteiger partial charge in [-0.3, -0.25) is 4.79 Å². The highest BCUT2D eigenvalue weighted by molar-refractivity contribution is 6.04. The number of aryl methyl sites for hydroxylation is 1. The molecule has 2 aromatic carbocycles. The van der Waals surface area contributed by atoms with Gasteiger partial charge in [-0.25, -0.2) is 0 Å². The van der Waals surface area contributed by atoms with Gasteiger partial charge >= 0.3 is 0 Å². The summed E-state index contributed by atoms with van der Waals surface area (Å²) in [7, 11) is 1.63. The lowest BCUT2D eigenvalue weighted by atomic mass is 10.1. The summed E-state index contributed by atoms with van der Waals surface area (Å²) in [5.41, 5.74) is 3.45. The minimum atomic E-state index is -0.127. The van der Waals surface area contributed by atoms with Crippen molar-refractivity contribution < 1.29 is 14.3 Å². The van der Waals surface area contributed by atoms with Gasteiger partial charge in [0.15, 0.2) is 0 Å². The third kappa shape index (κ3) is 5.33. The number of hydrogen-bond donors (Lipinski definition) is 1. The fourth-order valence-corrected chi connectivity index (χ4v) is 2.61. The topological polar surface area (TPSA) is 47.6 Å². The molecule has 0 aromatic heterocycles. The molecule has 25 heavy (non-hydrogen) atoms. The van der Waals surface area contributed by atoms with E-state index in [1.165, 1.54) is 0 Å². The number of carbonyl (C=O) groups excluding carboxylic acids is 1. The maximum Gasteiger partial charge on any atom is 0.255 e. The van der Waals surface area contributed by atoms with Crippen LogP contribution in [0, 0.1) is 0 Å². The predicted molar refractivity (Wildman–Crippen MR) is 101 cm³/mol. The van der Waals surface area contributed by atoms with E-state index in [2.05, 4.69) is 19.2 Å². The van der Waals surface area contributed by atoms with E-state index in [4.69, 9.17) is 9.47 Å². The number of benzene rings is 2. The lowest BCUT2D eigenvalue weighted by molar-refractivity contribution is 0.102. The first kappa shape index (κ1) is 19.0. The Kier molecular flexibility index (Phi) is 7.48. The van der Waals surface area contributed by atoms with Crippen LogP contribution in [0.25, 0.3) is 0 Å². The zero-order valence-electron chi connectivity index (χ0n) is 15.3. The smallest absolute Gasteiger partial charge is 0.255 e. The number of anilines is 1. The van der Waals surface area contributed by atoms with E-state index in [0.717, 1.165) is 41.8 Å². The molecule has 0 fully saturated rings. The van der Waals surface area contributed by atoms with Crippen molar-refractivity contribution in [2.24, 2.45) is 0 Å². The van der Waals surface area contributed by atoms with E-state index in [1.807, 2.05) is 36.4 Å². The minimum absolute atomic E-state index is 0.127. The first-order valence-corrected chi connectivity index (χ1v) is 8.83. The fraction of sp³-hybridized carbons (Fsp3) is 0.381. The summed E-state index contributed by atoms with van der Waals surface area (Å²) >= 11 is 0. The fourth-order valence-electron chi connectivity index (χ4n) is 2.61. The van der Waals surface area contributed by atoms with Crippen LogP contribution < -0.4 is 10.1 Å². The Morgan fingerprint density at radius 2 is 1.88 bits per heavy atom. The molecule has 0 radical (unpaired) electrons. The SMILES string of the molecule is CCCCOCc1cc(C(=O)Nc2ccccc2CC)ccc1OC. The highest BCUT2D eigenvalue weighted by Crippen LogP contribution is 2.22. The van der Waals surface area contributed by atoms with Crippen LogP contribution in [0.3, 0.4) is 0 Å². The second kappa shape index (κ2) is 9.84. The monoisotopic (exact) mass is 341 g/mol. The number of para-hydroxylation sites is 1. The molecule has 0 saturated carbocycles. The van der Waals surface area contributed by atoms with Gasteiger partial charge in [0.2, 0.25) is 0 Å². The Hall–Kier alpha value is -2.33. The molecule has 0 unspecified atom stereocenters. The van der Waals surface area contributed by atoms with Crippen LogP contribution in [0.15, 0.2) is 42.5 Å². The average molecular weight is 341 g/mol. The van der Waals surface area contributed by atoms with Crippen LogP contribution in [0.1, 0.15) is 48.2 Å². The molecule has 0 aliphatic rings. The second-order valence-electron chi connectivity index (χ2n) is 5.90. The zero-order valence-corrected chi connectivity index (χ0v) is 15.3. The zero-order chi connectivity index (χ0) is 18.1. The summed E-state index contributed by atoms with van der Waals surface area (Å²) in [4.78, 5) is 12.6. The van der Waals surface area contributed by atoms with Crippen molar-refractivity contribution in [1.29, 1.82) is 0 Å². The lowest BCUT2D eigenvalue weighted by Crippen LogP contribution is -2.14. The third-order valence-corrected chi connectivity index (χ3v) is 4.09. The number of carbonyl (C=O) groups is 1. The van der Waals surface area contributed by atoms with E-state index >= 15 is 0 Å². The van der Waals surface area contributed by atoms with Gasteiger partial charge in [-0.2, -0.15) is 0 Å². The van der Waals surface area contributed by atoms with Gasteiger partial charge in [-0.15, -0.1) is 0 Å². The largest absolute Gasteiger partial charge is 0.496 e. The molecule has 0 saturated heterocycles. The lowest BCUT2D eigenvalue weighted by Gasteiger charge is -2.13. The number of nitrogens with one attached hydrogen (secondary N) is 1. The van der Waals surface area contributed by atoms with Gasteiger partial charge in [0.05, 0.1) is 13.7 Å². The summed E-state index contributed by atoms with van der Waals surface area (Å²) < 4.78 is 11.1. The molecule has 4 heteroatoms. The van der Waals surface area contributed by atoms with Crippen LogP contribution in [-0.4, -0.2) is 19.6 Å². The summed E-state index contributed by atoms with van der Waals surface area (Å²) in [6.07, 6.45) is 2.99. The number of amides is 1. The summed E-state index contributed by atoms with van der Waals surface area (Å²) in [5, 5.41) is 3.00. The number of rotatable bonds is 9. The molecule has 1 amide bonds. The first-order chi connectivity index (χ1) is 12.2. The number of ether oxygens (including phenoxy) is 2. The van der Waals surface area contributed by atoms with Gasteiger partial charge in [-0.1, -0.05) is 38.5 Å². The van der Waals surface area contributed by atoms with Crippen molar-refractivity contribution in [2.75, 3.05) is 19.0 Å². The molecule has 0 heterocycles. The van der Waals surface area contributed by atoms with Gasteiger partial charge < -0.3 is 14.8 Å². The Bertz CT molecular complexity index is 697. The summed E-state index contributed by atoms with van der Waals surface area (Å²) in [6.45, 7) is 5.35. The molecular formula is C21H27NO3. The molecular weight excluding hydrogens is 314 g/mol. The number of unbranched alkanes of at least 4 members (excludes halogenated alkanes) is 1. The first-order valence-electron chi connectivity index (χ1n) is 8.83. The molecule has 0 aliphatic heterocycles. The van der Waals surface area contributed by atoms with Crippen molar-refractivity contribution in [3.8, 4) is 5.75 Å². The highest BCUT2D eigenvalue weighted by atomic mass is 16.5. The number of hydrogen-bond acceptors (Lipinski definition) is 3. The quantitative estimate of drug-likeness (QED) is 0.665. The molecule has 1 N–H and O–H groups in total. The van der Waals surface area contributed by atoms with Gasteiger partial charge in [0.1, 0.15) is 5.75 Å². The Morgan fingerprint density at radius 3 is 2.60 bits per heavy atom. The summed E-state index contributed by atoms with van der Waals surface area (Å²) in [5.74, 6) is 0.611. The van der Waals surface area contributed by atoms with Crippen LogP contribution in [0.2, 0.25) is 0 Å². The van der Waals surface area contributed by atoms with Crippen LogP contribution in [-0.2, 0) is 17.8 Å². The molecule has 0 atom stereocenters. The molecule has 2 aromatic rings. The predicted octanol–water partition coefficient (Wildman–Crippen LogP) is 4.83. The van der Waals surface area contributed by atoms with Gasteiger partial charge in [-0.05, 0) is 42.7 Å².